The van der Waals surface area contributed by atoms with Gasteiger partial charge in [-0.15, -0.1) is 0 Å². The number of hydrogen-bond acceptors (Lipinski definition) is 3. The largest absolute Gasteiger partial charge is 0.409 e. The number of aryl methyl sites for hydroxylation is 1. The molecule has 5 nitrogen and oxygen atoms in total. The monoisotopic (exact) mass is 247 g/mol. The first-order valence-electron chi connectivity index (χ1n) is 5.85. The zero-order chi connectivity index (χ0) is 13.3. The number of rotatable bonds is 3. The lowest BCUT2D eigenvalue weighted by Crippen LogP contribution is -2.42. The normalized spacial score (nSPS) is 17.3. The minimum absolute atomic E-state index is 0.00735. The molecule has 1 aliphatic rings. The summed E-state index contributed by atoms with van der Waals surface area (Å²) in [7, 11) is 1.72. The van der Waals surface area contributed by atoms with E-state index in [-0.39, 0.29) is 11.7 Å². The van der Waals surface area contributed by atoms with Crippen molar-refractivity contribution >= 4 is 17.4 Å². The molecule has 1 fully saturated rings. The molecule has 1 aliphatic carbocycles. The third kappa shape index (κ3) is 1.81. The van der Waals surface area contributed by atoms with E-state index in [2.05, 4.69) is 5.16 Å². The topological polar surface area (TPSA) is 78.9 Å². The highest BCUT2D eigenvalue weighted by Crippen LogP contribution is 2.47. The molecule has 0 bridgehead atoms. The van der Waals surface area contributed by atoms with Crippen LogP contribution in [0.15, 0.2) is 29.4 Å². The van der Waals surface area contributed by atoms with Crippen LogP contribution in [0, 0.1) is 12.3 Å². The highest BCUT2D eigenvalue weighted by atomic mass is 16.4. The number of anilines is 1. The summed E-state index contributed by atoms with van der Waals surface area (Å²) >= 11 is 0. The smallest absolute Gasteiger partial charge is 0.240 e. The van der Waals surface area contributed by atoms with Crippen LogP contribution in [-0.2, 0) is 4.79 Å². The van der Waals surface area contributed by atoms with E-state index in [1.165, 1.54) is 0 Å². The number of nitrogens with two attached hydrogens (primary N) is 1. The van der Waals surface area contributed by atoms with Crippen molar-refractivity contribution in [3.8, 4) is 0 Å². The minimum atomic E-state index is -0.800. The summed E-state index contributed by atoms with van der Waals surface area (Å²) in [4.78, 5) is 14.0. The molecule has 96 valence electrons. The van der Waals surface area contributed by atoms with Gasteiger partial charge in [-0.05, 0) is 31.4 Å². The van der Waals surface area contributed by atoms with Crippen LogP contribution in [0.2, 0.25) is 0 Å². The molecule has 0 unspecified atom stereocenters. The Hall–Kier alpha value is -2.04. The van der Waals surface area contributed by atoms with E-state index in [1.54, 1.807) is 11.9 Å². The number of benzene rings is 1. The first-order valence-corrected chi connectivity index (χ1v) is 5.85. The molecule has 1 aromatic carbocycles. The maximum Gasteiger partial charge on any atom is 0.240 e. The Morgan fingerprint density at radius 3 is 2.56 bits per heavy atom. The molecule has 18 heavy (non-hydrogen) atoms. The number of oxime groups is 1. The lowest BCUT2D eigenvalue weighted by atomic mass is 10.0. The van der Waals surface area contributed by atoms with Crippen LogP contribution in [0.3, 0.4) is 0 Å². The van der Waals surface area contributed by atoms with Gasteiger partial charge in [-0.1, -0.05) is 23.4 Å². The van der Waals surface area contributed by atoms with E-state index < -0.39 is 5.41 Å². The number of amides is 1. The zero-order valence-corrected chi connectivity index (χ0v) is 10.6. The van der Waals surface area contributed by atoms with Gasteiger partial charge in [0.15, 0.2) is 5.84 Å². The molecule has 2 rings (SSSR count). The quantitative estimate of drug-likeness (QED) is 0.367. The zero-order valence-electron chi connectivity index (χ0n) is 10.6. The summed E-state index contributed by atoms with van der Waals surface area (Å²) in [6.45, 7) is 1.95. The molecule has 3 N–H and O–H groups in total. The van der Waals surface area contributed by atoms with Crippen LogP contribution in [0.4, 0.5) is 5.69 Å². The summed E-state index contributed by atoms with van der Waals surface area (Å²) in [6, 6.07) is 7.64. The highest BCUT2D eigenvalue weighted by molar-refractivity contribution is 6.15. The van der Waals surface area contributed by atoms with Crippen molar-refractivity contribution in [2.75, 3.05) is 11.9 Å². The first kappa shape index (κ1) is 12.4. The van der Waals surface area contributed by atoms with Crippen LogP contribution in [0.5, 0.6) is 0 Å². The molecule has 1 saturated carbocycles. The molecule has 0 spiro atoms. The number of carbonyl (C=O) groups is 1. The maximum absolute atomic E-state index is 12.4. The van der Waals surface area contributed by atoms with E-state index in [4.69, 9.17) is 10.9 Å². The molecule has 5 heteroatoms. The van der Waals surface area contributed by atoms with Crippen LogP contribution in [-0.4, -0.2) is 24.0 Å². The van der Waals surface area contributed by atoms with Gasteiger partial charge < -0.3 is 15.8 Å². The van der Waals surface area contributed by atoms with Crippen molar-refractivity contribution in [2.24, 2.45) is 16.3 Å². The maximum atomic E-state index is 12.4. The number of carbonyl (C=O) groups excluding carboxylic acids is 1. The average molecular weight is 247 g/mol. The lowest BCUT2D eigenvalue weighted by molar-refractivity contribution is -0.121. The van der Waals surface area contributed by atoms with Gasteiger partial charge in [-0.3, -0.25) is 4.79 Å². The predicted molar refractivity (Wildman–Crippen MR) is 69.7 cm³/mol. The fourth-order valence-corrected chi connectivity index (χ4v) is 2.17. The average Bonchev–Trinajstić information content (AvgIpc) is 3.18. The van der Waals surface area contributed by atoms with Crippen LogP contribution in [0.1, 0.15) is 18.4 Å². The summed E-state index contributed by atoms with van der Waals surface area (Å²) < 4.78 is 0. The third-order valence-corrected chi connectivity index (χ3v) is 3.54. The van der Waals surface area contributed by atoms with E-state index in [0.717, 1.165) is 11.3 Å². The van der Waals surface area contributed by atoms with Crippen molar-refractivity contribution in [2.45, 2.75) is 19.8 Å². The first-order chi connectivity index (χ1) is 8.53. The number of hydrogen-bond donors (Lipinski definition) is 2. The molecule has 1 aromatic rings. The third-order valence-electron chi connectivity index (χ3n) is 3.54. The van der Waals surface area contributed by atoms with Crippen LogP contribution in [0.25, 0.3) is 0 Å². The predicted octanol–water partition coefficient (Wildman–Crippen LogP) is 1.48. The number of amidine groups is 1. The Balaban J connectivity index is 2.28. The minimum Gasteiger partial charge on any atom is -0.409 e. The fourth-order valence-electron chi connectivity index (χ4n) is 2.17. The van der Waals surface area contributed by atoms with Crippen molar-refractivity contribution in [1.82, 2.24) is 0 Å². The van der Waals surface area contributed by atoms with E-state index in [9.17, 15) is 4.79 Å². The Labute approximate surface area is 106 Å². The molecule has 0 saturated heterocycles. The van der Waals surface area contributed by atoms with Gasteiger partial charge in [0.05, 0.1) is 0 Å². The lowest BCUT2D eigenvalue weighted by Gasteiger charge is -2.24. The Morgan fingerprint density at radius 1 is 1.44 bits per heavy atom. The van der Waals surface area contributed by atoms with Crippen molar-refractivity contribution < 1.29 is 10.0 Å². The van der Waals surface area contributed by atoms with Crippen molar-refractivity contribution in [1.29, 1.82) is 0 Å². The molecule has 0 atom stereocenters. The number of para-hydroxylation sites is 1. The molecule has 0 aliphatic heterocycles. The summed E-state index contributed by atoms with van der Waals surface area (Å²) in [5.74, 6) is -0.111. The SMILES string of the molecule is Cc1ccccc1N(C)C(=O)C1(/C(N)=N/O)CC1. The second-order valence-corrected chi connectivity index (χ2v) is 4.72. The summed E-state index contributed by atoms with van der Waals surface area (Å²) in [6.07, 6.45) is 1.27. The molecule has 1 amide bonds. The van der Waals surface area contributed by atoms with Gasteiger partial charge in [-0.2, -0.15) is 0 Å². The van der Waals surface area contributed by atoms with Gasteiger partial charge in [0.1, 0.15) is 5.41 Å². The van der Waals surface area contributed by atoms with Gasteiger partial charge in [0, 0.05) is 12.7 Å². The van der Waals surface area contributed by atoms with E-state index in [0.29, 0.717) is 12.8 Å². The van der Waals surface area contributed by atoms with Crippen molar-refractivity contribution in [3.63, 3.8) is 0 Å². The second kappa shape index (κ2) is 4.33. The van der Waals surface area contributed by atoms with Crippen LogP contribution < -0.4 is 10.6 Å². The molecule has 0 radical (unpaired) electrons. The van der Waals surface area contributed by atoms with Crippen molar-refractivity contribution in [3.05, 3.63) is 29.8 Å². The van der Waals surface area contributed by atoms with Gasteiger partial charge in [-0.25, -0.2) is 0 Å². The van der Waals surface area contributed by atoms with E-state index in [1.807, 2.05) is 31.2 Å². The Morgan fingerprint density at radius 2 is 2.06 bits per heavy atom. The highest BCUT2D eigenvalue weighted by Gasteiger charge is 2.55. The van der Waals surface area contributed by atoms with Gasteiger partial charge in [0.2, 0.25) is 5.91 Å². The van der Waals surface area contributed by atoms with E-state index >= 15 is 0 Å². The fraction of sp³-hybridized carbons (Fsp3) is 0.385. The number of nitrogens with zero attached hydrogens (tertiary/aromatic N) is 2. The molecular formula is C13H17N3O2. The van der Waals surface area contributed by atoms with Gasteiger partial charge >= 0.3 is 0 Å². The summed E-state index contributed by atoms with van der Waals surface area (Å²) in [5, 5.41) is 11.7. The standard InChI is InChI=1S/C13H17N3O2/c1-9-5-3-4-6-10(9)16(2)12(17)13(7-8-13)11(14)15-18/h3-6,18H,7-8H2,1-2H3,(H2,14,15). The summed E-state index contributed by atoms with van der Waals surface area (Å²) in [5.41, 5.74) is 6.68. The Kier molecular flexibility index (Phi) is 2.98. The van der Waals surface area contributed by atoms with Gasteiger partial charge in [0.25, 0.3) is 0 Å². The van der Waals surface area contributed by atoms with Crippen LogP contribution >= 0.6 is 0 Å². The second-order valence-electron chi connectivity index (χ2n) is 4.72. The Bertz CT molecular complexity index is 507. The molecular weight excluding hydrogens is 230 g/mol. The molecule has 0 aromatic heterocycles. The molecule has 0 heterocycles.